The van der Waals surface area contributed by atoms with E-state index in [1.54, 1.807) is 31.4 Å². The van der Waals surface area contributed by atoms with E-state index in [0.717, 1.165) is 16.8 Å². The molecule has 7 heteroatoms. The summed E-state index contributed by atoms with van der Waals surface area (Å²) in [6.45, 7) is -0.318. The molecule has 1 heterocycles. The maximum absolute atomic E-state index is 12.2. The van der Waals surface area contributed by atoms with E-state index in [2.05, 4.69) is 15.1 Å². The van der Waals surface area contributed by atoms with Crippen LogP contribution >= 0.6 is 0 Å². The molecule has 1 aromatic heterocycles. The van der Waals surface area contributed by atoms with E-state index in [-0.39, 0.29) is 6.61 Å². The number of nitrogens with zero attached hydrogens (tertiary/aromatic N) is 3. The summed E-state index contributed by atoms with van der Waals surface area (Å²) in [4.78, 5) is 24.6. The number of nitriles is 1. The van der Waals surface area contributed by atoms with Crippen molar-refractivity contribution in [1.82, 2.24) is 9.97 Å². The van der Waals surface area contributed by atoms with Crippen LogP contribution in [0.25, 0.3) is 11.0 Å². The van der Waals surface area contributed by atoms with E-state index in [0.29, 0.717) is 11.3 Å². The molecule has 0 aliphatic carbocycles. The minimum absolute atomic E-state index is 0.307. The van der Waals surface area contributed by atoms with Crippen LogP contribution in [0.2, 0.25) is 0 Å². The summed E-state index contributed by atoms with van der Waals surface area (Å²) in [6, 6.07) is 16.5. The number of fused-ring (bicyclic) bond motifs is 1. The third kappa shape index (κ3) is 3.87. The van der Waals surface area contributed by atoms with E-state index in [1.165, 1.54) is 6.21 Å². The molecule has 0 radical (unpaired) electrons. The Bertz CT molecular complexity index is 937. The second-order valence-corrected chi connectivity index (χ2v) is 5.45. The van der Waals surface area contributed by atoms with Crippen LogP contribution in [0, 0.1) is 11.3 Å². The van der Waals surface area contributed by atoms with Crippen LogP contribution < -0.4 is 4.74 Å². The maximum Gasteiger partial charge on any atom is 0.197 e. The number of Topliss-reactive ketones (excluding diaryl/α,β-unsaturated/α-hetero) is 1. The van der Waals surface area contributed by atoms with Gasteiger partial charge in [0.05, 0.1) is 30.4 Å². The van der Waals surface area contributed by atoms with Crippen molar-refractivity contribution in [3.8, 4) is 11.8 Å². The maximum atomic E-state index is 12.2. The van der Waals surface area contributed by atoms with E-state index in [4.69, 9.17) is 9.57 Å². The Kier molecular flexibility index (Phi) is 5.25. The van der Waals surface area contributed by atoms with Gasteiger partial charge in [-0.2, -0.15) is 5.26 Å². The van der Waals surface area contributed by atoms with Crippen molar-refractivity contribution in [1.29, 1.82) is 5.26 Å². The highest BCUT2D eigenvalue weighted by Crippen LogP contribution is 2.18. The normalized spacial score (nSPS) is 12.0. The van der Waals surface area contributed by atoms with Crippen molar-refractivity contribution in [2.75, 3.05) is 13.7 Å². The van der Waals surface area contributed by atoms with E-state index < -0.39 is 11.7 Å². The third-order valence-electron chi connectivity index (χ3n) is 3.73. The van der Waals surface area contributed by atoms with Gasteiger partial charge in [0, 0.05) is 0 Å². The standard InChI is InChI=1S/C19H16N4O3/c1-25-14-8-6-13(7-9-14)11-21-26-12-18(24)15(10-20)19-22-16-4-2-3-5-17(16)23-19/h2-9,11,15H,12H2,1H3,(H,22,23)/t15-/m0/s1. The minimum atomic E-state index is -1.03. The molecule has 1 N–H and O–H groups in total. The molecule has 3 rings (SSSR count). The van der Waals surface area contributed by atoms with Crippen molar-refractivity contribution < 1.29 is 14.4 Å². The molecule has 0 aliphatic heterocycles. The highest BCUT2D eigenvalue weighted by atomic mass is 16.6. The zero-order chi connectivity index (χ0) is 18.4. The van der Waals surface area contributed by atoms with Crippen molar-refractivity contribution in [3.05, 3.63) is 59.9 Å². The van der Waals surface area contributed by atoms with Gasteiger partial charge in [-0.15, -0.1) is 0 Å². The molecule has 2 aromatic carbocycles. The number of benzene rings is 2. The number of hydrogen-bond donors (Lipinski definition) is 1. The van der Waals surface area contributed by atoms with Crippen molar-refractivity contribution in [2.45, 2.75) is 5.92 Å². The van der Waals surface area contributed by atoms with E-state index >= 15 is 0 Å². The number of para-hydroxylation sites is 2. The molecule has 0 aliphatic rings. The lowest BCUT2D eigenvalue weighted by atomic mass is 10.1. The number of oxime groups is 1. The third-order valence-corrected chi connectivity index (χ3v) is 3.73. The van der Waals surface area contributed by atoms with Gasteiger partial charge in [0.25, 0.3) is 0 Å². The number of nitrogens with one attached hydrogen (secondary N) is 1. The number of hydrogen-bond acceptors (Lipinski definition) is 6. The molecule has 26 heavy (non-hydrogen) atoms. The number of rotatable bonds is 7. The quantitative estimate of drug-likeness (QED) is 0.523. The number of ether oxygens (including phenoxy) is 1. The van der Waals surface area contributed by atoms with Crippen molar-refractivity contribution in [2.24, 2.45) is 5.16 Å². The zero-order valence-electron chi connectivity index (χ0n) is 14.0. The first-order valence-corrected chi connectivity index (χ1v) is 7.87. The predicted octanol–water partition coefficient (Wildman–Crippen LogP) is 2.80. The first-order valence-electron chi connectivity index (χ1n) is 7.87. The highest BCUT2D eigenvalue weighted by molar-refractivity contribution is 5.89. The van der Waals surface area contributed by atoms with Gasteiger partial charge in [0.1, 0.15) is 11.6 Å². The Morgan fingerprint density at radius 2 is 2.08 bits per heavy atom. The SMILES string of the molecule is COc1ccc(C=NOCC(=O)[C@H](C#N)c2nc3ccccc3[nH]2)cc1. The predicted molar refractivity (Wildman–Crippen MR) is 96.0 cm³/mol. The molecule has 7 nitrogen and oxygen atoms in total. The molecule has 130 valence electrons. The van der Waals surface area contributed by atoms with Gasteiger partial charge in [-0.3, -0.25) is 4.79 Å². The molecule has 0 unspecified atom stereocenters. The number of aromatic amines is 1. The lowest BCUT2D eigenvalue weighted by Crippen LogP contribution is -2.17. The summed E-state index contributed by atoms with van der Waals surface area (Å²) in [5, 5.41) is 13.1. The zero-order valence-corrected chi connectivity index (χ0v) is 14.0. The van der Waals surface area contributed by atoms with E-state index in [1.807, 2.05) is 30.3 Å². The Labute approximate surface area is 149 Å². The molecule has 3 aromatic rings. The molecular weight excluding hydrogens is 332 g/mol. The number of ketones is 1. The van der Waals surface area contributed by atoms with E-state index in [9.17, 15) is 10.1 Å². The minimum Gasteiger partial charge on any atom is -0.497 e. The van der Waals surface area contributed by atoms with Gasteiger partial charge in [-0.05, 0) is 42.0 Å². The van der Waals surface area contributed by atoms with Crippen molar-refractivity contribution >= 4 is 23.0 Å². The smallest absolute Gasteiger partial charge is 0.197 e. The van der Waals surface area contributed by atoms with Crippen LogP contribution in [0.1, 0.15) is 17.3 Å². The van der Waals surface area contributed by atoms with Crippen LogP contribution in [0.15, 0.2) is 53.7 Å². The second kappa shape index (κ2) is 7.94. The van der Waals surface area contributed by atoms with Gasteiger partial charge in [-0.1, -0.05) is 17.3 Å². The lowest BCUT2D eigenvalue weighted by molar-refractivity contribution is -0.123. The second-order valence-electron chi connectivity index (χ2n) is 5.45. The summed E-state index contributed by atoms with van der Waals surface area (Å²) in [7, 11) is 1.59. The van der Waals surface area contributed by atoms with Gasteiger partial charge in [0.15, 0.2) is 18.3 Å². The summed E-state index contributed by atoms with van der Waals surface area (Å²) >= 11 is 0. The molecule has 1 atom stereocenters. The molecule has 0 bridgehead atoms. The van der Waals surface area contributed by atoms with Gasteiger partial charge in [0.2, 0.25) is 0 Å². The fourth-order valence-electron chi connectivity index (χ4n) is 2.37. The van der Waals surface area contributed by atoms with Crippen LogP contribution in [0.3, 0.4) is 0 Å². The van der Waals surface area contributed by atoms with Crippen LogP contribution in [0.5, 0.6) is 5.75 Å². The Hall–Kier alpha value is -3.66. The van der Waals surface area contributed by atoms with Crippen molar-refractivity contribution in [3.63, 3.8) is 0 Å². The molecule has 0 amide bonds. The average molecular weight is 348 g/mol. The summed E-state index contributed by atoms with van der Waals surface area (Å²) in [5.41, 5.74) is 2.27. The summed E-state index contributed by atoms with van der Waals surface area (Å²) in [6.07, 6.45) is 1.48. The number of H-pyrrole nitrogens is 1. The summed E-state index contributed by atoms with van der Waals surface area (Å²) in [5.74, 6) is -0.403. The lowest BCUT2D eigenvalue weighted by Gasteiger charge is -2.04. The molecule has 0 fully saturated rings. The Morgan fingerprint density at radius 3 is 2.77 bits per heavy atom. The largest absolute Gasteiger partial charge is 0.497 e. The van der Waals surface area contributed by atoms with Crippen LogP contribution in [0.4, 0.5) is 0 Å². The van der Waals surface area contributed by atoms with Gasteiger partial charge >= 0.3 is 0 Å². The first-order chi connectivity index (χ1) is 12.7. The number of methoxy groups -OCH3 is 1. The molecular formula is C19H16N4O3. The molecule has 0 spiro atoms. The fourth-order valence-corrected chi connectivity index (χ4v) is 2.37. The number of imidazole rings is 1. The number of carbonyl (C=O) groups is 1. The average Bonchev–Trinajstić information content (AvgIpc) is 3.10. The number of carbonyl (C=O) groups excluding carboxylic acids is 1. The Morgan fingerprint density at radius 1 is 1.31 bits per heavy atom. The number of aromatic nitrogens is 2. The molecule has 0 saturated carbocycles. The van der Waals surface area contributed by atoms with Gasteiger partial charge < -0.3 is 14.6 Å². The van der Waals surface area contributed by atoms with Crippen LogP contribution in [-0.2, 0) is 9.63 Å². The summed E-state index contributed by atoms with van der Waals surface area (Å²) < 4.78 is 5.07. The Balaban J connectivity index is 1.60. The topological polar surface area (TPSA) is 100 Å². The monoisotopic (exact) mass is 348 g/mol. The van der Waals surface area contributed by atoms with Crippen LogP contribution in [-0.4, -0.2) is 35.7 Å². The highest BCUT2D eigenvalue weighted by Gasteiger charge is 2.24. The fraction of sp³-hybridized carbons (Fsp3) is 0.158. The first kappa shape index (κ1) is 17.2. The molecule has 0 saturated heterocycles. The van der Waals surface area contributed by atoms with Gasteiger partial charge in [-0.25, -0.2) is 4.98 Å².